The molecule has 0 radical (unpaired) electrons. The van der Waals surface area contributed by atoms with Gasteiger partial charge >= 0.3 is 6.01 Å². The molecule has 0 bridgehead atoms. The molecule has 0 aliphatic carbocycles. The van der Waals surface area contributed by atoms with Gasteiger partial charge in [0.25, 0.3) is 0 Å². The SMILES string of the molecule is CC(C)CN(CC(C)C)c1nnc(C(C)Cl)o1. The molecule has 1 atom stereocenters. The molecule has 0 fully saturated rings. The van der Waals surface area contributed by atoms with Gasteiger partial charge in [0, 0.05) is 13.1 Å². The lowest BCUT2D eigenvalue weighted by molar-refractivity contribution is 0.454. The summed E-state index contributed by atoms with van der Waals surface area (Å²) in [5, 5.41) is 7.79. The maximum atomic E-state index is 5.92. The van der Waals surface area contributed by atoms with E-state index in [9.17, 15) is 0 Å². The van der Waals surface area contributed by atoms with Crippen LogP contribution in [0.1, 0.15) is 45.9 Å². The van der Waals surface area contributed by atoms with E-state index in [0.29, 0.717) is 23.7 Å². The minimum absolute atomic E-state index is 0.240. The lowest BCUT2D eigenvalue weighted by atomic mass is 10.1. The van der Waals surface area contributed by atoms with Crippen molar-refractivity contribution in [3.05, 3.63) is 5.89 Å². The van der Waals surface area contributed by atoms with Gasteiger partial charge in [-0.05, 0) is 18.8 Å². The molecule has 0 aliphatic heterocycles. The van der Waals surface area contributed by atoms with Crippen molar-refractivity contribution in [2.45, 2.75) is 40.0 Å². The largest absolute Gasteiger partial charge is 0.406 e. The minimum Gasteiger partial charge on any atom is -0.406 e. The predicted octanol–water partition coefficient (Wildman–Crippen LogP) is 3.49. The van der Waals surface area contributed by atoms with Gasteiger partial charge in [0.05, 0.1) is 0 Å². The Morgan fingerprint density at radius 2 is 1.59 bits per heavy atom. The first-order valence-corrected chi connectivity index (χ1v) is 6.56. The van der Waals surface area contributed by atoms with Gasteiger partial charge in [-0.15, -0.1) is 16.7 Å². The molecule has 1 aromatic rings. The highest BCUT2D eigenvalue weighted by atomic mass is 35.5. The number of halogens is 1. The van der Waals surface area contributed by atoms with Gasteiger partial charge in [-0.2, -0.15) is 0 Å². The second-order valence-corrected chi connectivity index (χ2v) is 5.89. The van der Waals surface area contributed by atoms with E-state index in [1.165, 1.54) is 0 Å². The summed E-state index contributed by atoms with van der Waals surface area (Å²) in [4.78, 5) is 2.13. The fourth-order valence-corrected chi connectivity index (χ4v) is 1.72. The molecular formula is C12H22ClN3O. The molecule has 1 aromatic heterocycles. The number of anilines is 1. The van der Waals surface area contributed by atoms with Crippen LogP contribution in [-0.4, -0.2) is 23.3 Å². The van der Waals surface area contributed by atoms with E-state index in [1.54, 1.807) is 0 Å². The first kappa shape index (κ1) is 14.3. The zero-order valence-corrected chi connectivity index (χ0v) is 12.0. The quantitative estimate of drug-likeness (QED) is 0.734. The van der Waals surface area contributed by atoms with Crippen LogP contribution < -0.4 is 4.90 Å². The van der Waals surface area contributed by atoms with Crippen LogP contribution in [0.25, 0.3) is 0 Å². The molecule has 5 heteroatoms. The maximum Gasteiger partial charge on any atom is 0.318 e. The Morgan fingerprint density at radius 1 is 1.06 bits per heavy atom. The molecule has 0 aliphatic rings. The van der Waals surface area contributed by atoms with E-state index in [0.717, 1.165) is 13.1 Å². The van der Waals surface area contributed by atoms with Crippen molar-refractivity contribution in [1.29, 1.82) is 0 Å². The smallest absolute Gasteiger partial charge is 0.318 e. The summed E-state index contributed by atoms with van der Waals surface area (Å²) in [7, 11) is 0. The Kier molecular flexibility index (Phi) is 5.25. The summed E-state index contributed by atoms with van der Waals surface area (Å²) in [6.45, 7) is 12.4. The molecule has 0 spiro atoms. The first-order chi connectivity index (χ1) is 7.90. The average molecular weight is 260 g/mol. The summed E-state index contributed by atoms with van der Waals surface area (Å²) in [5.74, 6) is 1.59. The van der Waals surface area contributed by atoms with E-state index in [2.05, 4.69) is 42.8 Å². The van der Waals surface area contributed by atoms with Crippen LogP contribution in [0.15, 0.2) is 4.42 Å². The number of hydrogen-bond donors (Lipinski definition) is 0. The van der Waals surface area contributed by atoms with Crippen molar-refractivity contribution in [2.24, 2.45) is 11.8 Å². The van der Waals surface area contributed by atoms with Crippen LogP contribution in [0.2, 0.25) is 0 Å². The highest BCUT2D eigenvalue weighted by Gasteiger charge is 2.18. The first-order valence-electron chi connectivity index (χ1n) is 6.12. The van der Waals surface area contributed by atoms with E-state index in [1.807, 2.05) is 6.92 Å². The van der Waals surface area contributed by atoms with E-state index < -0.39 is 0 Å². The van der Waals surface area contributed by atoms with Gasteiger partial charge in [-0.3, -0.25) is 0 Å². The topological polar surface area (TPSA) is 42.2 Å². The lowest BCUT2D eigenvalue weighted by Gasteiger charge is -2.23. The van der Waals surface area contributed by atoms with Crippen molar-refractivity contribution < 1.29 is 4.42 Å². The fraction of sp³-hybridized carbons (Fsp3) is 0.833. The van der Waals surface area contributed by atoms with Gasteiger partial charge in [0.15, 0.2) is 0 Å². The Labute approximate surface area is 108 Å². The van der Waals surface area contributed by atoms with Crippen LogP contribution in [0, 0.1) is 11.8 Å². The van der Waals surface area contributed by atoms with E-state index in [4.69, 9.17) is 16.0 Å². The number of nitrogens with zero attached hydrogens (tertiary/aromatic N) is 3. The van der Waals surface area contributed by atoms with Crippen LogP contribution in [-0.2, 0) is 0 Å². The van der Waals surface area contributed by atoms with Crippen LogP contribution >= 0.6 is 11.6 Å². The van der Waals surface area contributed by atoms with E-state index >= 15 is 0 Å². The van der Waals surface area contributed by atoms with Gasteiger partial charge < -0.3 is 9.32 Å². The highest BCUT2D eigenvalue weighted by molar-refractivity contribution is 6.20. The Hall–Kier alpha value is -0.770. The van der Waals surface area contributed by atoms with Gasteiger partial charge in [-0.1, -0.05) is 32.8 Å². The molecule has 0 amide bonds. The van der Waals surface area contributed by atoms with Crippen molar-refractivity contribution in [3.63, 3.8) is 0 Å². The molecular weight excluding hydrogens is 238 g/mol. The fourth-order valence-electron chi connectivity index (χ4n) is 1.63. The Bertz CT molecular complexity index is 326. The Morgan fingerprint density at radius 3 is 1.94 bits per heavy atom. The summed E-state index contributed by atoms with van der Waals surface area (Å²) in [6.07, 6.45) is 0. The van der Waals surface area contributed by atoms with Crippen molar-refractivity contribution in [3.8, 4) is 0 Å². The zero-order chi connectivity index (χ0) is 13.0. The molecule has 4 nitrogen and oxygen atoms in total. The average Bonchev–Trinajstić information content (AvgIpc) is 2.63. The number of rotatable bonds is 6. The molecule has 0 saturated carbocycles. The third kappa shape index (κ3) is 4.54. The monoisotopic (exact) mass is 259 g/mol. The van der Waals surface area contributed by atoms with Gasteiger partial charge in [0.2, 0.25) is 5.89 Å². The van der Waals surface area contributed by atoms with Crippen LogP contribution in [0.5, 0.6) is 0 Å². The normalized spacial score (nSPS) is 13.4. The second kappa shape index (κ2) is 6.24. The third-order valence-electron chi connectivity index (χ3n) is 2.21. The summed E-state index contributed by atoms with van der Waals surface area (Å²) >= 11 is 5.92. The van der Waals surface area contributed by atoms with Crippen molar-refractivity contribution >= 4 is 17.6 Å². The molecule has 0 saturated heterocycles. The van der Waals surface area contributed by atoms with Gasteiger partial charge in [0.1, 0.15) is 5.38 Å². The Balaban J connectivity index is 2.80. The maximum absolute atomic E-state index is 5.92. The van der Waals surface area contributed by atoms with Crippen molar-refractivity contribution in [2.75, 3.05) is 18.0 Å². The zero-order valence-electron chi connectivity index (χ0n) is 11.3. The summed E-state index contributed by atoms with van der Waals surface area (Å²) in [6, 6.07) is 0.579. The molecule has 0 N–H and O–H groups in total. The molecule has 17 heavy (non-hydrogen) atoms. The number of aromatic nitrogens is 2. The molecule has 1 heterocycles. The predicted molar refractivity (Wildman–Crippen MR) is 70.5 cm³/mol. The minimum atomic E-state index is -0.240. The summed E-state index contributed by atoms with van der Waals surface area (Å²) < 4.78 is 5.58. The van der Waals surface area contributed by atoms with Crippen LogP contribution in [0.4, 0.5) is 6.01 Å². The van der Waals surface area contributed by atoms with Gasteiger partial charge in [-0.25, -0.2) is 0 Å². The van der Waals surface area contributed by atoms with Crippen LogP contribution in [0.3, 0.4) is 0 Å². The summed E-state index contributed by atoms with van der Waals surface area (Å²) in [5.41, 5.74) is 0. The lowest BCUT2D eigenvalue weighted by Crippen LogP contribution is -2.31. The standard InChI is InChI=1S/C12H22ClN3O/c1-8(2)6-16(7-9(3)4)12-15-14-11(17-12)10(5)13/h8-10H,6-7H2,1-5H3. The highest BCUT2D eigenvalue weighted by Crippen LogP contribution is 2.22. The molecule has 0 aromatic carbocycles. The molecule has 98 valence electrons. The number of hydrogen-bond acceptors (Lipinski definition) is 4. The third-order valence-corrected chi connectivity index (χ3v) is 2.40. The molecule has 1 rings (SSSR count). The second-order valence-electron chi connectivity index (χ2n) is 5.23. The van der Waals surface area contributed by atoms with E-state index in [-0.39, 0.29) is 5.38 Å². The van der Waals surface area contributed by atoms with Crippen molar-refractivity contribution in [1.82, 2.24) is 10.2 Å². The molecule has 1 unspecified atom stereocenters. The number of alkyl halides is 1.